The van der Waals surface area contributed by atoms with Gasteiger partial charge in [0.2, 0.25) is 10.0 Å². The quantitative estimate of drug-likeness (QED) is 0.906. The minimum atomic E-state index is -3.27. The van der Waals surface area contributed by atoms with Crippen molar-refractivity contribution in [2.45, 2.75) is 19.4 Å². The zero-order valence-electron chi connectivity index (χ0n) is 10.3. The van der Waals surface area contributed by atoms with Crippen LogP contribution in [0.4, 0.5) is 5.69 Å². The summed E-state index contributed by atoms with van der Waals surface area (Å²) in [7, 11) is -3.27. The maximum atomic E-state index is 11.2. The molecule has 0 aromatic heterocycles. The highest BCUT2D eigenvalue weighted by molar-refractivity contribution is 9.11. The molecule has 0 bridgehead atoms. The smallest absolute Gasteiger partial charge is 0.229 e. The summed E-state index contributed by atoms with van der Waals surface area (Å²) < 4.78 is 31.6. The van der Waals surface area contributed by atoms with Gasteiger partial charge in [0, 0.05) is 16.1 Å². The molecule has 1 aromatic rings. The lowest BCUT2D eigenvalue weighted by Gasteiger charge is -2.31. The van der Waals surface area contributed by atoms with E-state index in [-0.39, 0.29) is 0 Å². The van der Waals surface area contributed by atoms with E-state index in [2.05, 4.69) is 20.7 Å². The standard InChI is InChI=1S/C12H14BrNO3S/c1-12(2)11(13)6-8-4-5-9(7-10(8)17-12)14-18(3,15)16/h4-7,14H,1-3H3. The second kappa shape index (κ2) is 4.28. The molecule has 1 aliphatic heterocycles. The van der Waals surface area contributed by atoms with Gasteiger partial charge in [0.1, 0.15) is 11.4 Å². The van der Waals surface area contributed by atoms with Crippen molar-refractivity contribution in [1.29, 1.82) is 0 Å². The van der Waals surface area contributed by atoms with Crippen molar-refractivity contribution in [3.63, 3.8) is 0 Å². The summed E-state index contributed by atoms with van der Waals surface area (Å²) in [4.78, 5) is 0. The SMILES string of the molecule is CC1(C)Oc2cc(NS(C)(=O)=O)ccc2C=C1Br. The normalized spacial score (nSPS) is 17.4. The first-order valence-corrected chi connectivity index (χ1v) is 8.04. The van der Waals surface area contributed by atoms with Crippen molar-refractivity contribution in [3.8, 4) is 5.75 Å². The number of sulfonamides is 1. The van der Waals surface area contributed by atoms with Gasteiger partial charge in [-0.2, -0.15) is 0 Å². The van der Waals surface area contributed by atoms with Crippen LogP contribution in [0.15, 0.2) is 22.7 Å². The predicted molar refractivity (Wildman–Crippen MR) is 76.5 cm³/mol. The number of rotatable bonds is 2. The molecule has 0 aliphatic carbocycles. The van der Waals surface area contributed by atoms with E-state index in [1.165, 1.54) is 0 Å². The van der Waals surface area contributed by atoms with Crippen LogP contribution in [-0.2, 0) is 10.0 Å². The minimum absolute atomic E-state index is 0.448. The van der Waals surface area contributed by atoms with Gasteiger partial charge in [0.05, 0.1) is 11.9 Å². The molecule has 0 saturated heterocycles. The Morgan fingerprint density at radius 1 is 1.33 bits per heavy atom. The van der Waals surface area contributed by atoms with Gasteiger partial charge in [-0.15, -0.1) is 0 Å². The summed E-state index contributed by atoms with van der Waals surface area (Å²) in [6.07, 6.45) is 3.09. The average Bonchev–Trinajstić information content (AvgIpc) is 2.17. The fraction of sp³-hybridized carbons (Fsp3) is 0.333. The van der Waals surface area contributed by atoms with Crippen LogP contribution in [0.1, 0.15) is 19.4 Å². The van der Waals surface area contributed by atoms with Crippen LogP contribution in [-0.4, -0.2) is 20.3 Å². The Hall–Kier alpha value is -1.01. The molecule has 0 unspecified atom stereocenters. The van der Waals surface area contributed by atoms with E-state index < -0.39 is 15.6 Å². The zero-order chi connectivity index (χ0) is 13.6. The second-order valence-electron chi connectivity index (χ2n) is 4.73. The molecule has 0 radical (unpaired) electrons. The molecule has 1 heterocycles. The van der Waals surface area contributed by atoms with Crippen LogP contribution < -0.4 is 9.46 Å². The van der Waals surface area contributed by atoms with Crippen molar-refractivity contribution >= 4 is 37.7 Å². The van der Waals surface area contributed by atoms with Crippen LogP contribution in [0.2, 0.25) is 0 Å². The average molecular weight is 332 g/mol. The summed E-state index contributed by atoms with van der Waals surface area (Å²) in [5.74, 6) is 0.664. The van der Waals surface area contributed by atoms with E-state index in [1.54, 1.807) is 12.1 Å². The molecule has 0 saturated carbocycles. The fourth-order valence-electron chi connectivity index (χ4n) is 1.65. The highest BCUT2D eigenvalue weighted by Gasteiger charge is 2.28. The van der Waals surface area contributed by atoms with Crippen molar-refractivity contribution in [2.24, 2.45) is 0 Å². The Morgan fingerprint density at radius 3 is 2.61 bits per heavy atom. The largest absolute Gasteiger partial charge is 0.482 e. The van der Waals surface area contributed by atoms with Gasteiger partial charge in [-0.1, -0.05) is 15.9 Å². The third kappa shape index (κ3) is 2.87. The first-order valence-electron chi connectivity index (χ1n) is 5.36. The number of benzene rings is 1. The van der Waals surface area contributed by atoms with E-state index in [9.17, 15) is 8.42 Å². The number of nitrogens with one attached hydrogen (secondary N) is 1. The number of hydrogen-bond donors (Lipinski definition) is 1. The summed E-state index contributed by atoms with van der Waals surface area (Å²) in [5.41, 5.74) is 0.968. The van der Waals surface area contributed by atoms with Gasteiger partial charge < -0.3 is 4.74 Å². The highest BCUT2D eigenvalue weighted by atomic mass is 79.9. The molecule has 2 rings (SSSR count). The summed E-state index contributed by atoms with van der Waals surface area (Å²) in [5, 5.41) is 0. The van der Waals surface area contributed by atoms with Crippen molar-refractivity contribution < 1.29 is 13.2 Å². The molecular weight excluding hydrogens is 318 g/mol. The first-order chi connectivity index (χ1) is 8.17. The van der Waals surface area contributed by atoms with Crippen LogP contribution >= 0.6 is 15.9 Å². The number of fused-ring (bicyclic) bond motifs is 1. The number of hydrogen-bond acceptors (Lipinski definition) is 3. The maximum Gasteiger partial charge on any atom is 0.229 e. The Morgan fingerprint density at radius 2 is 2.00 bits per heavy atom. The third-order valence-electron chi connectivity index (χ3n) is 2.54. The van der Waals surface area contributed by atoms with Gasteiger partial charge in [0.15, 0.2) is 0 Å². The van der Waals surface area contributed by atoms with Gasteiger partial charge in [-0.25, -0.2) is 8.42 Å². The molecule has 1 N–H and O–H groups in total. The summed E-state index contributed by atoms with van der Waals surface area (Å²) >= 11 is 3.47. The minimum Gasteiger partial charge on any atom is -0.482 e. The number of halogens is 1. The van der Waals surface area contributed by atoms with Crippen LogP contribution in [0, 0.1) is 0 Å². The van der Waals surface area contributed by atoms with E-state index in [4.69, 9.17) is 4.74 Å². The van der Waals surface area contributed by atoms with Crippen LogP contribution in [0.3, 0.4) is 0 Å². The molecule has 1 aliphatic rings. The molecule has 6 heteroatoms. The lowest BCUT2D eigenvalue weighted by atomic mass is 10.0. The molecule has 0 spiro atoms. The Kier molecular flexibility index (Phi) is 3.19. The molecule has 1 aromatic carbocycles. The second-order valence-corrected chi connectivity index (χ2v) is 7.33. The fourth-order valence-corrected chi connectivity index (χ4v) is 2.54. The lowest BCUT2D eigenvalue weighted by molar-refractivity contribution is 0.156. The van der Waals surface area contributed by atoms with E-state index in [0.717, 1.165) is 16.3 Å². The zero-order valence-corrected chi connectivity index (χ0v) is 12.7. The lowest BCUT2D eigenvalue weighted by Crippen LogP contribution is -2.30. The Balaban J connectivity index is 2.41. The predicted octanol–water partition coefficient (Wildman–Crippen LogP) is 2.96. The molecular formula is C12H14BrNO3S. The van der Waals surface area contributed by atoms with Crippen molar-refractivity contribution in [2.75, 3.05) is 11.0 Å². The summed E-state index contributed by atoms with van der Waals surface area (Å²) in [6.45, 7) is 3.88. The van der Waals surface area contributed by atoms with Gasteiger partial charge >= 0.3 is 0 Å². The molecule has 0 atom stereocenters. The van der Waals surface area contributed by atoms with Crippen molar-refractivity contribution in [1.82, 2.24) is 0 Å². The topological polar surface area (TPSA) is 55.4 Å². The summed E-state index contributed by atoms with van der Waals surface area (Å²) in [6, 6.07) is 5.21. The third-order valence-corrected chi connectivity index (χ3v) is 4.33. The Labute approximate surface area is 115 Å². The molecule has 4 nitrogen and oxygen atoms in total. The molecule has 0 amide bonds. The van der Waals surface area contributed by atoms with E-state index in [1.807, 2.05) is 26.0 Å². The van der Waals surface area contributed by atoms with Gasteiger partial charge in [-0.3, -0.25) is 4.72 Å². The maximum absolute atomic E-state index is 11.2. The Bertz CT molecular complexity index is 620. The molecule has 98 valence electrons. The van der Waals surface area contributed by atoms with Crippen LogP contribution in [0.25, 0.3) is 6.08 Å². The van der Waals surface area contributed by atoms with Gasteiger partial charge in [-0.05, 0) is 32.1 Å². The number of anilines is 1. The van der Waals surface area contributed by atoms with E-state index in [0.29, 0.717) is 11.4 Å². The van der Waals surface area contributed by atoms with Crippen molar-refractivity contribution in [3.05, 3.63) is 28.2 Å². The first kappa shape index (κ1) is 13.4. The highest BCUT2D eigenvalue weighted by Crippen LogP contribution is 2.39. The molecule has 0 fully saturated rings. The molecule has 18 heavy (non-hydrogen) atoms. The number of ether oxygens (including phenoxy) is 1. The van der Waals surface area contributed by atoms with Crippen LogP contribution in [0.5, 0.6) is 5.75 Å². The van der Waals surface area contributed by atoms with Gasteiger partial charge in [0.25, 0.3) is 0 Å². The monoisotopic (exact) mass is 331 g/mol. The van der Waals surface area contributed by atoms with E-state index >= 15 is 0 Å².